The summed E-state index contributed by atoms with van der Waals surface area (Å²) in [6, 6.07) is 1.32. The summed E-state index contributed by atoms with van der Waals surface area (Å²) in [6.45, 7) is 8.81. The summed E-state index contributed by atoms with van der Waals surface area (Å²) in [7, 11) is 2.21. The van der Waals surface area contributed by atoms with E-state index >= 15 is 0 Å². The van der Waals surface area contributed by atoms with Crippen LogP contribution in [0.25, 0.3) is 0 Å². The molecular formula is C18H37NOS. The van der Waals surface area contributed by atoms with Crippen LogP contribution in [-0.4, -0.2) is 47.7 Å². The highest BCUT2D eigenvalue weighted by Gasteiger charge is 2.28. The third-order valence-electron chi connectivity index (χ3n) is 4.95. The van der Waals surface area contributed by atoms with Gasteiger partial charge in [-0.15, -0.1) is 0 Å². The molecule has 1 aliphatic heterocycles. The van der Waals surface area contributed by atoms with Crippen molar-refractivity contribution in [3.63, 3.8) is 0 Å². The minimum absolute atomic E-state index is 0.368. The van der Waals surface area contributed by atoms with Crippen molar-refractivity contribution in [3.05, 3.63) is 0 Å². The van der Waals surface area contributed by atoms with Gasteiger partial charge in [0.05, 0.1) is 12.2 Å². The summed E-state index contributed by atoms with van der Waals surface area (Å²) in [4.78, 5) is 2.44. The first kappa shape index (κ1) is 19.3. The van der Waals surface area contributed by atoms with Crippen LogP contribution in [0.3, 0.4) is 0 Å². The topological polar surface area (TPSA) is 12.5 Å². The number of rotatable bonds is 3. The molecule has 0 bridgehead atoms. The van der Waals surface area contributed by atoms with Crippen LogP contribution in [0.1, 0.15) is 72.6 Å². The maximum Gasteiger partial charge on any atom is 0.0608 e. The Morgan fingerprint density at radius 3 is 1.90 bits per heavy atom. The number of ether oxygens (including phenoxy) is 1. The Morgan fingerprint density at radius 1 is 1.00 bits per heavy atom. The molecule has 0 aromatic carbocycles. The Bertz CT molecular complexity index is 254. The van der Waals surface area contributed by atoms with E-state index in [1.54, 1.807) is 0 Å². The van der Waals surface area contributed by atoms with Crippen molar-refractivity contribution in [2.75, 3.05) is 13.3 Å². The Morgan fingerprint density at radius 2 is 1.52 bits per heavy atom. The predicted octanol–water partition coefficient (Wildman–Crippen LogP) is 4.96. The highest BCUT2D eigenvalue weighted by atomic mass is 32.2. The summed E-state index contributed by atoms with van der Waals surface area (Å²) in [6.07, 6.45) is 12.8. The lowest BCUT2D eigenvalue weighted by Gasteiger charge is -2.40. The third kappa shape index (κ3) is 7.38. The highest BCUT2D eigenvalue weighted by Crippen LogP contribution is 2.26. The van der Waals surface area contributed by atoms with E-state index in [4.69, 9.17) is 4.74 Å². The lowest BCUT2D eigenvalue weighted by Crippen LogP contribution is -2.46. The molecule has 1 saturated carbocycles. The molecule has 1 aliphatic carbocycles. The second-order valence-electron chi connectivity index (χ2n) is 7.14. The fraction of sp³-hybridized carbons (Fsp3) is 1.00. The number of hydrogen-bond acceptors (Lipinski definition) is 3. The van der Waals surface area contributed by atoms with Crippen molar-refractivity contribution in [1.29, 1.82) is 0 Å². The minimum atomic E-state index is 0.368. The molecule has 2 fully saturated rings. The Balaban J connectivity index is 0.000000235. The van der Waals surface area contributed by atoms with Gasteiger partial charge in [-0.25, -0.2) is 0 Å². The first-order chi connectivity index (χ1) is 9.93. The third-order valence-corrected chi connectivity index (χ3v) is 6.09. The predicted molar refractivity (Wildman–Crippen MR) is 96.3 cm³/mol. The standard InChI is InChI=1S/C11H23NO.C7H14S/c1-8(2)13-11-6-9(3)12(5)10(4)7-11;1-8-7-5-3-2-4-6-7/h8-11H,6-7H2,1-5H3;7H,2-6H2,1H3. The lowest BCUT2D eigenvalue weighted by atomic mass is 9.95. The van der Waals surface area contributed by atoms with Crippen LogP contribution >= 0.6 is 11.8 Å². The second-order valence-corrected chi connectivity index (χ2v) is 8.28. The van der Waals surface area contributed by atoms with Crippen LogP contribution < -0.4 is 0 Å². The molecule has 0 aromatic heterocycles. The lowest BCUT2D eigenvalue weighted by molar-refractivity contribution is -0.0521. The van der Waals surface area contributed by atoms with Gasteiger partial charge in [-0.3, -0.25) is 0 Å². The first-order valence-electron chi connectivity index (χ1n) is 8.84. The van der Waals surface area contributed by atoms with Gasteiger partial charge >= 0.3 is 0 Å². The van der Waals surface area contributed by atoms with E-state index in [0.717, 1.165) is 5.25 Å². The molecule has 0 amide bonds. The van der Waals surface area contributed by atoms with Gasteiger partial charge < -0.3 is 9.64 Å². The Kier molecular flexibility index (Phi) is 9.31. The van der Waals surface area contributed by atoms with Gasteiger partial charge in [0.25, 0.3) is 0 Å². The molecule has 1 heterocycles. The fourth-order valence-electron chi connectivity index (χ4n) is 3.42. The van der Waals surface area contributed by atoms with E-state index < -0.39 is 0 Å². The van der Waals surface area contributed by atoms with Crippen molar-refractivity contribution < 1.29 is 4.74 Å². The zero-order valence-corrected chi connectivity index (χ0v) is 15.9. The summed E-state index contributed by atoms with van der Waals surface area (Å²) < 4.78 is 5.85. The molecule has 2 rings (SSSR count). The summed E-state index contributed by atoms with van der Waals surface area (Å²) >= 11 is 2.05. The number of nitrogens with zero attached hydrogens (tertiary/aromatic N) is 1. The monoisotopic (exact) mass is 315 g/mol. The first-order valence-corrected chi connectivity index (χ1v) is 10.1. The van der Waals surface area contributed by atoms with E-state index in [1.807, 2.05) is 11.8 Å². The maximum absolute atomic E-state index is 5.85. The van der Waals surface area contributed by atoms with Gasteiger partial charge in [0.1, 0.15) is 0 Å². The highest BCUT2D eigenvalue weighted by molar-refractivity contribution is 7.99. The summed E-state index contributed by atoms with van der Waals surface area (Å²) in [5.41, 5.74) is 0. The minimum Gasteiger partial charge on any atom is -0.375 e. The van der Waals surface area contributed by atoms with Crippen LogP contribution in [0.4, 0.5) is 0 Å². The number of thioether (sulfide) groups is 1. The molecular weight excluding hydrogens is 278 g/mol. The zero-order valence-electron chi connectivity index (χ0n) is 15.1. The van der Waals surface area contributed by atoms with Gasteiger partial charge in [-0.2, -0.15) is 11.8 Å². The van der Waals surface area contributed by atoms with Crippen molar-refractivity contribution in [1.82, 2.24) is 4.90 Å². The number of hydrogen-bond donors (Lipinski definition) is 0. The fourth-order valence-corrected chi connectivity index (χ4v) is 4.23. The van der Waals surface area contributed by atoms with Crippen LogP contribution in [0.2, 0.25) is 0 Å². The quantitative estimate of drug-likeness (QED) is 0.730. The number of likely N-dealkylation sites (tertiary alicyclic amines) is 1. The van der Waals surface area contributed by atoms with Gasteiger partial charge in [-0.05, 0) is 66.7 Å². The molecule has 126 valence electrons. The molecule has 2 aliphatic rings. The molecule has 2 nitrogen and oxygen atoms in total. The van der Waals surface area contributed by atoms with Gasteiger partial charge in [0, 0.05) is 17.3 Å². The van der Waals surface area contributed by atoms with Crippen LogP contribution in [0.5, 0.6) is 0 Å². The normalized spacial score (nSPS) is 31.9. The van der Waals surface area contributed by atoms with Gasteiger partial charge in [0.15, 0.2) is 0 Å². The molecule has 2 atom stereocenters. The van der Waals surface area contributed by atoms with Gasteiger partial charge in [0.2, 0.25) is 0 Å². The van der Waals surface area contributed by atoms with E-state index in [2.05, 4.69) is 45.9 Å². The van der Waals surface area contributed by atoms with E-state index in [-0.39, 0.29) is 0 Å². The largest absolute Gasteiger partial charge is 0.375 e. The molecule has 0 radical (unpaired) electrons. The van der Waals surface area contributed by atoms with E-state index in [1.165, 1.54) is 44.9 Å². The molecule has 0 spiro atoms. The zero-order chi connectivity index (χ0) is 15.8. The van der Waals surface area contributed by atoms with Crippen LogP contribution in [-0.2, 0) is 4.74 Å². The molecule has 3 heteroatoms. The molecule has 21 heavy (non-hydrogen) atoms. The molecule has 1 saturated heterocycles. The smallest absolute Gasteiger partial charge is 0.0608 e. The van der Waals surface area contributed by atoms with Crippen LogP contribution in [0, 0.1) is 0 Å². The maximum atomic E-state index is 5.85. The van der Waals surface area contributed by atoms with E-state index in [0.29, 0.717) is 24.3 Å². The average molecular weight is 316 g/mol. The molecule has 2 unspecified atom stereocenters. The molecule has 0 N–H and O–H groups in total. The van der Waals surface area contributed by atoms with Crippen molar-refractivity contribution in [3.8, 4) is 0 Å². The Hall–Kier alpha value is 0.270. The molecule has 0 aromatic rings. The van der Waals surface area contributed by atoms with Crippen LogP contribution in [0.15, 0.2) is 0 Å². The number of piperidine rings is 1. The van der Waals surface area contributed by atoms with Gasteiger partial charge in [-0.1, -0.05) is 19.3 Å². The van der Waals surface area contributed by atoms with E-state index in [9.17, 15) is 0 Å². The average Bonchev–Trinajstić information content (AvgIpc) is 2.45. The Labute approximate surface area is 137 Å². The van der Waals surface area contributed by atoms with Crippen molar-refractivity contribution in [2.45, 2.75) is 102 Å². The van der Waals surface area contributed by atoms with Crippen molar-refractivity contribution >= 4 is 11.8 Å². The van der Waals surface area contributed by atoms with Crippen molar-refractivity contribution in [2.24, 2.45) is 0 Å². The SMILES string of the molecule is CC(C)OC1CC(C)N(C)C(C)C1.CSC1CCCCC1. The second kappa shape index (κ2) is 10.1. The summed E-state index contributed by atoms with van der Waals surface area (Å²) in [5.74, 6) is 0. The summed E-state index contributed by atoms with van der Waals surface area (Å²) in [5, 5.41) is 1.00.